The van der Waals surface area contributed by atoms with Gasteiger partial charge in [-0.15, -0.1) is 0 Å². The number of hydrogen-bond acceptors (Lipinski definition) is 2. The molecule has 1 unspecified atom stereocenters. The first kappa shape index (κ1) is 14.1. The van der Waals surface area contributed by atoms with Crippen LogP contribution in [0.2, 0.25) is 0 Å². The van der Waals surface area contributed by atoms with E-state index in [1.54, 1.807) is 0 Å². The standard InChI is InChI=1S/C16H24N2O/c1-4-9-17-11-12-5-7-13(8-6-12)18-15(19)14-10-16(14,2)3/h5-8,14,17H,4,9-11H2,1-3H3,(H,18,19). The third kappa shape index (κ3) is 3.80. The van der Waals surface area contributed by atoms with Crippen molar-refractivity contribution in [3.05, 3.63) is 29.8 Å². The van der Waals surface area contributed by atoms with E-state index in [4.69, 9.17) is 0 Å². The van der Waals surface area contributed by atoms with E-state index in [1.807, 2.05) is 12.1 Å². The van der Waals surface area contributed by atoms with E-state index < -0.39 is 0 Å². The minimum Gasteiger partial charge on any atom is -0.326 e. The quantitative estimate of drug-likeness (QED) is 0.771. The van der Waals surface area contributed by atoms with E-state index in [2.05, 4.69) is 43.5 Å². The Morgan fingerprint density at radius 3 is 2.47 bits per heavy atom. The molecule has 1 aliphatic rings. The van der Waals surface area contributed by atoms with Crippen molar-refractivity contribution < 1.29 is 4.79 Å². The predicted octanol–water partition coefficient (Wildman–Crippen LogP) is 3.17. The average Bonchev–Trinajstić information content (AvgIpc) is 3.01. The highest BCUT2D eigenvalue weighted by Gasteiger charge is 2.50. The minimum atomic E-state index is 0.154. The summed E-state index contributed by atoms with van der Waals surface area (Å²) in [6.45, 7) is 8.36. The summed E-state index contributed by atoms with van der Waals surface area (Å²) in [5, 5.41) is 6.36. The van der Waals surface area contributed by atoms with Gasteiger partial charge in [0.2, 0.25) is 5.91 Å². The molecule has 19 heavy (non-hydrogen) atoms. The van der Waals surface area contributed by atoms with Crippen LogP contribution in [-0.2, 0) is 11.3 Å². The van der Waals surface area contributed by atoms with Gasteiger partial charge in [-0.3, -0.25) is 4.79 Å². The fourth-order valence-corrected chi connectivity index (χ4v) is 2.26. The third-order valence-corrected chi connectivity index (χ3v) is 3.81. The third-order valence-electron chi connectivity index (χ3n) is 3.81. The summed E-state index contributed by atoms with van der Waals surface area (Å²) in [4.78, 5) is 12.0. The first-order chi connectivity index (χ1) is 9.03. The molecule has 0 radical (unpaired) electrons. The van der Waals surface area contributed by atoms with Crippen LogP contribution in [0.15, 0.2) is 24.3 Å². The molecule has 0 bridgehead atoms. The Hall–Kier alpha value is -1.35. The molecule has 0 heterocycles. The van der Waals surface area contributed by atoms with Crippen LogP contribution in [0.1, 0.15) is 39.2 Å². The SMILES string of the molecule is CCCNCc1ccc(NC(=O)C2CC2(C)C)cc1. The van der Waals surface area contributed by atoms with Gasteiger partial charge in [0.15, 0.2) is 0 Å². The fourth-order valence-electron chi connectivity index (χ4n) is 2.26. The molecule has 104 valence electrons. The number of anilines is 1. The van der Waals surface area contributed by atoms with Crippen molar-refractivity contribution in [1.82, 2.24) is 5.32 Å². The molecular formula is C16H24N2O. The lowest BCUT2D eigenvalue weighted by Crippen LogP contribution is -2.17. The van der Waals surface area contributed by atoms with Gasteiger partial charge in [-0.1, -0.05) is 32.9 Å². The number of carbonyl (C=O) groups is 1. The van der Waals surface area contributed by atoms with Crippen LogP contribution in [0, 0.1) is 11.3 Å². The lowest BCUT2D eigenvalue weighted by Gasteiger charge is -2.08. The van der Waals surface area contributed by atoms with Crippen LogP contribution in [0.4, 0.5) is 5.69 Å². The fraction of sp³-hybridized carbons (Fsp3) is 0.562. The normalized spacial score (nSPS) is 20.1. The van der Waals surface area contributed by atoms with E-state index in [0.29, 0.717) is 0 Å². The van der Waals surface area contributed by atoms with E-state index in [-0.39, 0.29) is 17.2 Å². The molecule has 3 nitrogen and oxygen atoms in total. The Morgan fingerprint density at radius 1 is 1.32 bits per heavy atom. The zero-order chi connectivity index (χ0) is 13.9. The van der Waals surface area contributed by atoms with Crippen LogP contribution in [0.3, 0.4) is 0 Å². The highest BCUT2D eigenvalue weighted by molar-refractivity contribution is 5.94. The molecule has 0 aliphatic heterocycles. The number of nitrogens with one attached hydrogen (secondary N) is 2. The zero-order valence-electron chi connectivity index (χ0n) is 12.1. The van der Waals surface area contributed by atoms with Crippen molar-refractivity contribution in [2.75, 3.05) is 11.9 Å². The van der Waals surface area contributed by atoms with Gasteiger partial charge in [0.25, 0.3) is 0 Å². The van der Waals surface area contributed by atoms with Crippen molar-refractivity contribution in [2.24, 2.45) is 11.3 Å². The van der Waals surface area contributed by atoms with E-state index in [9.17, 15) is 4.79 Å². The Balaban J connectivity index is 1.83. The van der Waals surface area contributed by atoms with Gasteiger partial charge in [0.05, 0.1) is 0 Å². The number of amides is 1. The first-order valence-corrected chi connectivity index (χ1v) is 7.13. The smallest absolute Gasteiger partial charge is 0.228 e. The lowest BCUT2D eigenvalue weighted by molar-refractivity contribution is -0.117. The van der Waals surface area contributed by atoms with Crippen molar-refractivity contribution in [3.8, 4) is 0 Å². The minimum absolute atomic E-state index is 0.154. The van der Waals surface area contributed by atoms with Crippen LogP contribution in [0.5, 0.6) is 0 Å². The molecule has 1 amide bonds. The number of carbonyl (C=O) groups excluding carboxylic acids is 1. The number of hydrogen-bond donors (Lipinski definition) is 2. The van der Waals surface area contributed by atoms with Crippen molar-refractivity contribution in [3.63, 3.8) is 0 Å². The summed E-state index contributed by atoms with van der Waals surface area (Å²) >= 11 is 0. The molecule has 3 heteroatoms. The average molecular weight is 260 g/mol. The van der Waals surface area contributed by atoms with Gasteiger partial charge in [0, 0.05) is 18.2 Å². The summed E-state index contributed by atoms with van der Waals surface area (Å²) < 4.78 is 0. The molecule has 1 fully saturated rings. The number of benzene rings is 1. The largest absolute Gasteiger partial charge is 0.326 e. The summed E-state index contributed by atoms with van der Waals surface area (Å²) in [6, 6.07) is 8.10. The van der Waals surface area contributed by atoms with Crippen molar-refractivity contribution >= 4 is 11.6 Å². The topological polar surface area (TPSA) is 41.1 Å². The van der Waals surface area contributed by atoms with Crippen LogP contribution >= 0.6 is 0 Å². The molecule has 1 saturated carbocycles. The molecule has 0 aromatic heterocycles. The van der Waals surface area contributed by atoms with Gasteiger partial charge in [0.1, 0.15) is 0 Å². The Bertz CT molecular complexity index is 437. The maximum atomic E-state index is 12.0. The molecule has 1 aromatic rings. The van der Waals surface area contributed by atoms with Gasteiger partial charge >= 0.3 is 0 Å². The summed E-state index contributed by atoms with van der Waals surface area (Å²) in [6.07, 6.45) is 2.14. The highest BCUT2D eigenvalue weighted by Crippen LogP contribution is 2.51. The highest BCUT2D eigenvalue weighted by atomic mass is 16.2. The molecule has 1 atom stereocenters. The molecular weight excluding hydrogens is 236 g/mol. The zero-order valence-corrected chi connectivity index (χ0v) is 12.1. The predicted molar refractivity (Wildman–Crippen MR) is 79.0 cm³/mol. The van der Waals surface area contributed by atoms with Gasteiger partial charge in [-0.2, -0.15) is 0 Å². The molecule has 0 spiro atoms. The second-order valence-electron chi connectivity index (χ2n) is 6.11. The summed E-state index contributed by atoms with van der Waals surface area (Å²) in [5.41, 5.74) is 2.33. The van der Waals surface area contributed by atoms with Crippen LogP contribution in [-0.4, -0.2) is 12.5 Å². The number of rotatable bonds is 6. The Morgan fingerprint density at radius 2 is 1.95 bits per heavy atom. The summed E-state index contributed by atoms with van der Waals surface area (Å²) in [7, 11) is 0. The Labute approximate surface area is 115 Å². The maximum absolute atomic E-state index is 12.0. The van der Waals surface area contributed by atoms with Gasteiger partial charge in [-0.05, 0) is 42.5 Å². The molecule has 0 saturated heterocycles. The van der Waals surface area contributed by atoms with E-state index in [1.165, 1.54) is 5.56 Å². The van der Waals surface area contributed by atoms with E-state index in [0.717, 1.165) is 31.6 Å². The monoisotopic (exact) mass is 260 g/mol. The second kappa shape index (κ2) is 5.74. The van der Waals surface area contributed by atoms with Crippen molar-refractivity contribution in [1.29, 1.82) is 0 Å². The molecule has 2 rings (SSSR count). The van der Waals surface area contributed by atoms with Crippen LogP contribution in [0.25, 0.3) is 0 Å². The lowest BCUT2D eigenvalue weighted by atomic mass is 10.1. The van der Waals surface area contributed by atoms with Gasteiger partial charge in [-0.25, -0.2) is 0 Å². The maximum Gasteiger partial charge on any atom is 0.228 e. The van der Waals surface area contributed by atoms with Crippen LogP contribution < -0.4 is 10.6 Å². The van der Waals surface area contributed by atoms with Crippen molar-refractivity contribution in [2.45, 2.75) is 40.2 Å². The first-order valence-electron chi connectivity index (χ1n) is 7.13. The Kier molecular flexibility index (Phi) is 4.25. The molecule has 1 aromatic carbocycles. The van der Waals surface area contributed by atoms with Gasteiger partial charge < -0.3 is 10.6 Å². The summed E-state index contributed by atoms with van der Waals surface area (Å²) in [5.74, 6) is 0.334. The second-order valence-corrected chi connectivity index (χ2v) is 6.11. The van der Waals surface area contributed by atoms with E-state index >= 15 is 0 Å². The molecule has 2 N–H and O–H groups in total. The molecule has 1 aliphatic carbocycles.